The molecule has 2 nitrogen and oxygen atoms in total. The second-order valence-corrected chi connectivity index (χ2v) is 2.03. The Hall–Kier alpha value is -0.900. The van der Waals surface area contributed by atoms with E-state index in [9.17, 15) is 35.1 Å². The van der Waals surface area contributed by atoms with E-state index in [4.69, 9.17) is 0 Å². The molecule has 0 atom stereocenters. The number of alkyl halides is 7. The average Bonchev–Trinajstić information content (AvgIpc) is 1.75. The molecule has 0 aliphatic rings. The van der Waals surface area contributed by atoms with Gasteiger partial charge in [-0.1, -0.05) is 6.58 Å². The third kappa shape index (κ3) is 5.52. The van der Waals surface area contributed by atoms with Crippen molar-refractivity contribution in [2.75, 3.05) is 0 Å². The molecule has 0 aromatic heterocycles. The lowest BCUT2D eigenvalue weighted by Crippen LogP contribution is -2.39. The maximum Gasteiger partial charge on any atom is 0.529 e. The Morgan fingerprint density at radius 1 is 0.867 bits per heavy atom. The van der Waals surface area contributed by atoms with Gasteiger partial charge in [0.05, 0.1) is 0 Å². The van der Waals surface area contributed by atoms with Gasteiger partial charge in [-0.2, -0.15) is 13.5 Å². The zero-order valence-corrected chi connectivity index (χ0v) is 6.55. The lowest BCUT2D eigenvalue weighted by atomic mass is 10.6. The highest BCUT2D eigenvalue weighted by Gasteiger charge is 2.54. The van der Waals surface area contributed by atoms with Crippen LogP contribution in [0.4, 0.5) is 35.1 Å². The smallest absolute Gasteiger partial charge is 0.224 e. The summed E-state index contributed by atoms with van der Waals surface area (Å²) in [7, 11) is 0. The van der Waals surface area contributed by atoms with Crippen LogP contribution in [-0.2, 0) is 9.47 Å². The van der Waals surface area contributed by atoms with Gasteiger partial charge in [-0.3, -0.25) is 0 Å². The Kier molecular flexibility index (Phi) is 3.69. The zero-order chi connectivity index (χ0) is 12.5. The van der Waals surface area contributed by atoms with E-state index in [-0.39, 0.29) is 0 Å². The Bertz CT molecular complexity index is 244. The summed E-state index contributed by atoms with van der Waals surface area (Å²) in [5, 5.41) is 0. The number of ether oxygens (including phenoxy) is 2. The lowest BCUT2D eigenvalue weighted by Gasteiger charge is -2.22. The van der Waals surface area contributed by atoms with Gasteiger partial charge >= 0.3 is 18.8 Å². The SMILES string of the molecule is C=C(F)C(F)(F)OC(F)(F)OC(F)(F)F. The summed E-state index contributed by atoms with van der Waals surface area (Å²) in [4.78, 5) is 0. The molecule has 15 heavy (non-hydrogen) atoms. The fourth-order valence-electron chi connectivity index (χ4n) is 0.360. The van der Waals surface area contributed by atoms with Crippen molar-refractivity contribution in [2.24, 2.45) is 0 Å². The van der Waals surface area contributed by atoms with E-state index in [0.29, 0.717) is 0 Å². The van der Waals surface area contributed by atoms with Crippen molar-refractivity contribution in [2.45, 2.75) is 18.8 Å². The zero-order valence-electron chi connectivity index (χ0n) is 6.55. The molecule has 0 rings (SSSR count). The second-order valence-electron chi connectivity index (χ2n) is 2.03. The third-order valence-electron chi connectivity index (χ3n) is 0.797. The average molecular weight is 246 g/mol. The molecule has 0 radical (unpaired) electrons. The molecule has 0 fully saturated rings. The highest BCUT2D eigenvalue weighted by atomic mass is 19.4. The summed E-state index contributed by atoms with van der Waals surface area (Å²) in [5.41, 5.74) is 0. The van der Waals surface area contributed by atoms with Crippen molar-refractivity contribution in [3.63, 3.8) is 0 Å². The first-order chi connectivity index (χ1) is 6.36. The fraction of sp³-hybridized carbons (Fsp3) is 0.600. The van der Waals surface area contributed by atoms with E-state index < -0.39 is 24.6 Å². The topological polar surface area (TPSA) is 18.5 Å². The predicted octanol–water partition coefficient (Wildman–Crippen LogP) is 3.17. The van der Waals surface area contributed by atoms with Gasteiger partial charge in [-0.05, 0) is 0 Å². The minimum atomic E-state index is -5.92. The molecule has 0 aromatic rings. The van der Waals surface area contributed by atoms with Crippen LogP contribution < -0.4 is 0 Å². The summed E-state index contributed by atoms with van der Waals surface area (Å²) in [6, 6.07) is 0. The van der Waals surface area contributed by atoms with Crippen LogP contribution in [0.3, 0.4) is 0 Å². The molecule has 0 saturated carbocycles. The maximum atomic E-state index is 12.0. The lowest BCUT2D eigenvalue weighted by molar-refractivity contribution is -0.530. The van der Waals surface area contributed by atoms with Gasteiger partial charge < -0.3 is 0 Å². The van der Waals surface area contributed by atoms with Crippen molar-refractivity contribution >= 4 is 0 Å². The van der Waals surface area contributed by atoms with Gasteiger partial charge in [-0.25, -0.2) is 9.13 Å². The Morgan fingerprint density at radius 2 is 1.27 bits per heavy atom. The van der Waals surface area contributed by atoms with E-state index in [0.717, 1.165) is 0 Å². The van der Waals surface area contributed by atoms with Gasteiger partial charge in [0.1, 0.15) is 0 Å². The molecule has 0 aromatic carbocycles. The van der Waals surface area contributed by atoms with E-state index in [1.54, 1.807) is 0 Å². The molecule has 0 bridgehead atoms. The number of rotatable bonds is 4. The number of hydrogen-bond donors (Lipinski definition) is 0. The van der Waals surface area contributed by atoms with Gasteiger partial charge in [-0.15, -0.1) is 22.0 Å². The Morgan fingerprint density at radius 3 is 1.53 bits per heavy atom. The summed E-state index contributed by atoms with van der Waals surface area (Å²) < 4.78 is 97.1. The maximum absolute atomic E-state index is 12.0. The highest BCUT2D eigenvalue weighted by molar-refractivity contribution is 4.90. The minimum absolute atomic E-state index is 1.87. The monoisotopic (exact) mass is 246 g/mol. The van der Waals surface area contributed by atoms with Crippen molar-refractivity contribution < 1.29 is 44.6 Å². The minimum Gasteiger partial charge on any atom is -0.224 e. The normalized spacial score (nSPS) is 14.1. The summed E-state index contributed by atoms with van der Waals surface area (Å²) in [5.74, 6) is -2.69. The van der Waals surface area contributed by atoms with Gasteiger partial charge in [0.2, 0.25) is 0 Å². The van der Waals surface area contributed by atoms with Crippen molar-refractivity contribution in [3.8, 4) is 0 Å². The van der Waals surface area contributed by atoms with Crippen LogP contribution in [0.1, 0.15) is 0 Å². The van der Waals surface area contributed by atoms with Crippen molar-refractivity contribution in [1.82, 2.24) is 0 Å². The second kappa shape index (κ2) is 3.93. The van der Waals surface area contributed by atoms with Crippen LogP contribution in [0.15, 0.2) is 12.4 Å². The Balaban J connectivity index is 4.58. The first-order valence-corrected chi connectivity index (χ1v) is 2.93. The highest BCUT2D eigenvalue weighted by Crippen LogP contribution is 2.36. The molecule has 0 spiro atoms. The molecule has 90 valence electrons. The third-order valence-corrected chi connectivity index (χ3v) is 0.797. The van der Waals surface area contributed by atoms with Crippen LogP contribution in [0.5, 0.6) is 0 Å². The van der Waals surface area contributed by atoms with Crippen LogP contribution in [0.2, 0.25) is 0 Å². The molecule has 0 aliphatic carbocycles. The first kappa shape index (κ1) is 14.1. The molecule has 10 heteroatoms. The summed E-state index contributed by atoms with van der Waals surface area (Å²) in [6.07, 6.45) is -16.9. The van der Waals surface area contributed by atoms with Crippen LogP contribution in [0, 0.1) is 0 Å². The number of hydrogen-bond acceptors (Lipinski definition) is 2. The standard InChI is InChI=1S/C5H2F8O2/c1-2(6)3(7,8)14-5(12,13)15-4(9,10)11/h1H2. The van der Waals surface area contributed by atoms with Crippen LogP contribution in [-0.4, -0.2) is 18.8 Å². The van der Waals surface area contributed by atoms with E-state index >= 15 is 0 Å². The molecule has 0 saturated heterocycles. The van der Waals surface area contributed by atoms with E-state index in [1.807, 2.05) is 11.3 Å². The van der Waals surface area contributed by atoms with E-state index in [2.05, 4.69) is 4.74 Å². The first-order valence-electron chi connectivity index (χ1n) is 2.93. The molecule has 0 heterocycles. The Labute approximate surface area is 77.1 Å². The largest absolute Gasteiger partial charge is 0.529 e. The molecule has 0 aliphatic heterocycles. The molecule has 0 N–H and O–H groups in total. The van der Waals surface area contributed by atoms with Crippen LogP contribution >= 0.6 is 0 Å². The van der Waals surface area contributed by atoms with Crippen molar-refractivity contribution in [3.05, 3.63) is 12.4 Å². The molecule has 0 unspecified atom stereocenters. The van der Waals surface area contributed by atoms with Gasteiger partial charge in [0.25, 0.3) is 0 Å². The van der Waals surface area contributed by atoms with Crippen molar-refractivity contribution in [1.29, 1.82) is 0 Å². The fourth-order valence-corrected chi connectivity index (χ4v) is 0.360. The van der Waals surface area contributed by atoms with Crippen LogP contribution in [0.25, 0.3) is 0 Å². The number of halogens is 8. The van der Waals surface area contributed by atoms with Gasteiger partial charge in [0, 0.05) is 0 Å². The quantitative estimate of drug-likeness (QED) is 0.560. The van der Waals surface area contributed by atoms with E-state index in [1.165, 1.54) is 0 Å². The predicted molar refractivity (Wildman–Crippen MR) is 28.4 cm³/mol. The molecular formula is C5H2F8O2. The van der Waals surface area contributed by atoms with Gasteiger partial charge in [0.15, 0.2) is 5.83 Å². The summed E-state index contributed by atoms with van der Waals surface area (Å²) in [6.45, 7) is 1.90. The molecular weight excluding hydrogens is 244 g/mol. The molecule has 0 amide bonds. The summed E-state index contributed by atoms with van der Waals surface area (Å²) >= 11 is 0.